The van der Waals surface area contributed by atoms with E-state index in [0.717, 1.165) is 5.69 Å². The molecule has 0 fully saturated rings. The number of aromatic nitrogens is 2. The van der Waals surface area contributed by atoms with Crippen molar-refractivity contribution in [2.24, 2.45) is 7.05 Å². The summed E-state index contributed by atoms with van der Waals surface area (Å²) in [6, 6.07) is 15.9. The summed E-state index contributed by atoms with van der Waals surface area (Å²) in [5.74, 6) is 0.888. The Labute approximate surface area is 167 Å². The lowest BCUT2D eigenvalue weighted by Gasteiger charge is -2.07. The van der Waals surface area contributed by atoms with Gasteiger partial charge in [0.15, 0.2) is 0 Å². The van der Waals surface area contributed by atoms with Gasteiger partial charge in [-0.05, 0) is 55.5 Å². The molecule has 1 N–H and O–H groups in total. The summed E-state index contributed by atoms with van der Waals surface area (Å²) in [7, 11) is 1.74. The zero-order valence-corrected chi connectivity index (χ0v) is 16.1. The molecule has 0 spiro atoms. The van der Waals surface area contributed by atoms with Gasteiger partial charge in [-0.3, -0.25) is 9.48 Å². The number of anilines is 1. The van der Waals surface area contributed by atoms with Crippen LogP contribution in [0.2, 0.25) is 5.15 Å². The number of amides is 1. The molecule has 0 aliphatic rings. The summed E-state index contributed by atoms with van der Waals surface area (Å²) in [6.07, 6.45) is 3.05. The smallest absolute Gasteiger partial charge is 0.248 e. The first-order valence-electron chi connectivity index (χ1n) is 8.42. The molecule has 6 nitrogen and oxygen atoms in total. The lowest BCUT2D eigenvalue weighted by molar-refractivity contribution is -0.111. The fourth-order valence-corrected chi connectivity index (χ4v) is 2.79. The van der Waals surface area contributed by atoms with Crippen molar-refractivity contribution in [3.8, 4) is 17.6 Å². The van der Waals surface area contributed by atoms with E-state index < -0.39 is 0 Å². The van der Waals surface area contributed by atoms with Crippen LogP contribution in [0.15, 0.2) is 54.6 Å². The maximum Gasteiger partial charge on any atom is 0.248 e. The second-order valence-corrected chi connectivity index (χ2v) is 6.36. The lowest BCUT2D eigenvalue weighted by Crippen LogP contribution is -2.07. The van der Waals surface area contributed by atoms with Gasteiger partial charge in [-0.2, -0.15) is 10.4 Å². The number of aryl methyl sites for hydroxylation is 2. The van der Waals surface area contributed by atoms with Crippen molar-refractivity contribution in [1.29, 1.82) is 5.26 Å². The minimum atomic E-state index is -0.283. The fraction of sp³-hybridized carbons (Fsp3) is 0.0952. The summed E-state index contributed by atoms with van der Waals surface area (Å²) < 4.78 is 7.27. The minimum Gasteiger partial charge on any atom is -0.457 e. The highest BCUT2D eigenvalue weighted by Gasteiger charge is 2.08. The van der Waals surface area contributed by atoms with Gasteiger partial charge in [-0.1, -0.05) is 17.7 Å². The van der Waals surface area contributed by atoms with Crippen molar-refractivity contribution in [2.45, 2.75) is 6.92 Å². The van der Waals surface area contributed by atoms with E-state index in [1.54, 1.807) is 66.3 Å². The number of nitriles is 1. The molecule has 3 rings (SSSR count). The molecule has 1 amide bonds. The maximum absolute atomic E-state index is 12.1. The first kappa shape index (κ1) is 19.2. The number of carbonyl (C=O) groups is 1. The van der Waals surface area contributed by atoms with E-state index in [1.165, 1.54) is 6.08 Å². The van der Waals surface area contributed by atoms with Crippen molar-refractivity contribution >= 4 is 29.3 Å². The van der Waals surface area contributed by atoms with Crippen molar-refractivity contribution in [3.63, 3.8) is 0 Å². The highest BCUT2D eigenvalue weighted by Crippen LogP contribution is 2.24. The molecule has 0 radical (unpaired) electrons. The van der Waals surface area contributed by atoms with E-state index in [0.29, 0.717) is 33.5 Å². The Hall–Kier alpha value is -3.56. The number of carbonyl (C=O) groups excluding carboxylic acids is 1. The predicted octanol–water partition coefficient (Wildman–Crippen LogP) is 4.70. The second-order valence-electron chi connectivity index (χ2n) is 6.00. The Kier molecular flexibility index (Phi) is 5.78. The van der Waals surface area contributed by atoms with E-state index >= 15 is 0 Å². The molecule has 1 heterocycles. The third-order valence-corrected chi connectivity index (χ3v) is 4.37. The van der Waals surface area contributed by atoms with E-state index in [1.807, 2.05) is 6.92 Å². The highest BCUT2D eigenvalue weighted by atomic mass is 35.5. The molecule has 1 aromatic heterocycles. The number of hydrogen-bond donors (Lipinski definition) is 1. The van der Waals surface area contributed by atoms with Crippen LogP contribution in [-0.4, -0.2) is 15.7 Å². The molecular formula is C21H17ClN4O2. The van der Waals surface area contributed by atoms with Gasteiger partial charge in [0.1, 0.15) is 16.7 Å². The van der Waals surface area contributed by atoms with Gasteiger partial charge >= 0.3 is 0 Å². The molecule has 0 unspecified atom stereocenters. The number of rotatable bonds is 5. The molecule has 0 aliphatic carbocycles. The average molecular weight is 393 g/mol. The Bertz CT molecular complexity index is 1080. The number of benzene rings is 2. The third-order valence-electron chi connectivity index (χ3n) is 3.92. The highest BCUT2D eigenvalue weighted by molar-refractivity contribution is 6.31. The van der Waals surface area contributed by atoms with Crippen molar-refractivity contribution in [3.05, 3.63) is 76.6 Å². The van der Waals surface area contributed by atoms with Gasteiger partial charge in [0, 0.05) is 24.4 Å². The van der Waals surface area contributed by atoms with Crippen LogP contribution in [0.3, 0.4) is 0 Å². The van der Waals surface area contributed by atoms with Crippen LogP contribution in [0.4, 0.5) is 5.69 Å². The number of hydrogen-bond acceptors (Lipinski definition) is 4. The number of nitrogens with one attached hydrogen (secondary N) is 1. The molecule has 3 aromatic rings. The van der Waals surface area contributed by atoms with E-state index in [2.05, 4.69) is 16.5 Å². The number of nitrogens with zero attached hydrogens (tertiary/aromatic N) is 3. The summed E-state index contributed by atoms with van der Waals surface area (Å²) in [4.78, 5) is 12.1. The summed E-state index contributed by atoms with van der Waals surface area (Å²) in [5.41, 5.74) is 2.61. The molecule has 7 heteroatoms. The Morgan fingerprint density at radius 1 is 1.25 bits per heavy atom. The van der Waals surface area contributed by atoms with Gasteiger partial charge in [-0.15, -0.1) is 0 Å². The predicted molar refractivity (Wildman–Crippen MR) is 108 cm³/mol. The van der Waals surface area contributed by atoms with E-state index in [-0.39, 0.29) is 5.91 Å². The number of ether oxygens (including phenoxy) is 1. The zero-order valence-electron chi connectivity index (χ0n) is 15.3. The van der Waals surface area contributed by atoms with Crippen LogP contribution in [0, 0.1) is 18.3 Å². The topological polar surface area (TPSA) is 79.9 Å². The fourth-order valence-electron chi connectivity index (χ4n) is 2.55. The normalized spacial score (nSPS) is 10.6. The second kappa shape index (κ2) is 8.42. The summed E-state index contributed by atoms with van der Waals surface area (Å²) in [5, 5.41) is 16.4. The van der Waals surface area contributed by atoms with Gasteiger partial charge in [0.2, 0.25) is 5.91 Å². The van der Waals surface area contributed by atoms with Crippen molar-refractivity contribution in [2.75, 3.05) is 5.32 Å². The van der Waals surface area contributed by atoms with Crippen LogP contribution in [-0.2, 0) is 11.8 Å². The minimum absolute atomic E-state index is 0.283. The Morgan fingerprint density at radius 3 is 2.64 bits per heavy atom. The Balaban J connectivity index is 1.63. The van der Waals surface area contributed by atoms with E-state index in [9.17, 15) is 4.79 Å². The summed E-state index contributed by atoms with van der Waals surface area (Å²) in [6.45, 7) is 1.83. The van der Waals surface area contributed by atoms with Crippen LogP contribution in [0.5, 0.6) is 11.5 Å². The summed E-state index contributed by atoms with van der Waals surface area (Å²) >= 11 is 6.15. The molecular weight excluding hydrogens is 376 g/mol. The molecule has 0 atom stereocenters. The van der Waals surface area contributed by atoms with Crippen LogP contribution in [0.25, 0.3) is 6.08 Å². The quantitative estimate of drug-likeness (QED) is 0.638. The molecule has 28 heavy (non-hydrogen) atoms. The number of halogens is 1. The largest absolute Gasteiger partial charge is 0.457 e. The molecule has 0 saturated heterocycles. The maximum atomic E-state index is 12.1. The molecule has 2 aromatic carbocycles. The molecule has 0 aliphatic heterocycles. The molecule has 0 bridgehead atoms. The Morgan fingerprint density at radius 2 is 2.00 bits per heavy atom. The van der Waals surface area contributed by atoms with Gasteiger partial charge < -0.3 is 10.1 Å². The first-order chi connectivity index (χ1) is 13.5. The van der Waals surface area contributed by atoms with Crippen molar-refractivity contribution in [1.82, 2.24) is 9.78 Å². The van der Waals surface area contributed by atoms with Crippen LogP contribution in [0.1, 0.15) is 16.8 Å². The van der Waals surface area contributed by atoms with Crippen molar-refractivity contribution < 1.29 is 9.53 Å². The SMILES string of the molecule is Cc1nn(C)c(Cl)c1/C=C/C(=O)Nc1ccc(Oc2cccc(C#N)c2)cc1. The first-order valence-corrected chi connectivity index (χ1v) is 8.80. The standard InChI is InChI=1S/C21H17ClN4O2/c1-14-19(21(22)26(2)25-14)10-11-20(27)24-16-6-8-17(9-7-16)28-18-5-3-4-15(12-18)13-23/h3-12H,1-2H3,(H,24,27)/b11-10+. The lowest BCUT2D eigenvalue weighted by atomic mass is 10.2. The van der Waals surface area contributed by atoms with E-state index in [4.69, 9.17) is 21.6 Å². The monoisotopic (exact) mass is 392 g/mol. The van der Waals surface area contributed by atoms with Gasteiger partial charge in [0.25, 0.3) is 0 Å². The van der Waals surface area contributed by atoms with Gasteiger partial charge in [-0.25, -0.2) is 0 Å². The third kappa shape index (κ3) is 4.58. The molecule has 0 saturated carbocycles. The van der Waals surface area contributed by atoms with Gasteiger partial charge in [0.05, 0.1) is 17.3 Å². The van der Waals surface area contributed by atoms with Crippen LogP contribution < -0.4 is 10.1 Å². The molecule has 140 valence electrons. The average Bonchev–Trinajstić information content (AvgIpc) is 2.93. The zero-order chi connectivity index (χ0) is 20.1. The van der Waals surface area contributed by atoms with Crippen LogP contribution >= 0.6 is 11.6 Å².